The van der Waals surface area contributed by atoms with E-state index in [-0.39, 0.29) is 18.2 Å². The van der Waals surface area contributed by atoms with Crippen LogP contribution < -0.4 is 10.6 Å². The molecular weight excluding hydrogens is 292 g/mol. The molecule has 2 amide bonds. The van der Waals surface area contributed by atoms with Gasteiger partial charge in [-0.1, -0.05) is 0 Å². The first kappa shape index (κ1) is 15.8. The number of hydrogen-bond acceptors (Lipinski definition) is 5. The molecule has 1 aromatic heterocycles. The minimum absolute atomic E-state index is 0.127. The van der Waals surface area contributed by atoms with Gasteiger partial charge in [0.1, 0.15) is 5.00 Å². The summed E-state index contributed by atoms with van der Waals surface area (Å²) in [6, 6.07) is -0.177. The average molecular weight is 312 g/mol. The number of hydrogen-bond donors (Lipinski definition) is 2. The number of amides is 2. The number of thiophene rings is 1. The van der Waals surface area contributed by atoms with Crippen LogP contribution in [0, 0.1) is 6.92 Å². The van der Waals surface area contributed by atoms with Crippen LogP contribution in [0.1, 0.15) is 35.7 Å². The van der Waals surface area contributed by atoms with Crippen molar-refractivity contribution in [2.24, 2.45) is 0 Å². The molecule has 2 N–H and O–H groups in total. The fourth-order valence-electron chi connectivity index (χ4n) is 2.19. The number of carbonyl (C=O) groups is 2. The van der Waals surface area contributed by atoms with Gasteiger partial charge in [-0.3, -0.25) is 5.32 Å². The standard InChI is InChI=1S/C14H20N2O4S/c1-4-20-13(17)11-8(2)7-21-12(11)16-14(18)15-9-5-10(6-9)19-3/h7,9-10H,4-6H2,1-3H3,(H2,15,16,18)/t9-,10+. The average Bonchev–Trinajstić information content (AvgIpc) is 2.74. The second-order valence-electron chi connectivity index (χ2n) is 4.97. The highest BCUT2D eigenvalue weighted by Gasteiger charge is 2.30. The topological polar surface area (TPSA) is 76.7 Å². The summed E-state index contributed by atoms with van der Waals surface area (Å²) in [7, 11) is 1.67. The van der Waals surface area contributed by atoms with Crippen LogP contribution in [0.15, 0.2) is 5.38 Å². The van der Waals surface area contributed by atoms with E-state index in [4.69, 9.17) is 9.47 Å². The Morgan fingerprint density at radius 3 is 2.76 bits per heavy atom. The van der Waals surface area contributed by atoms with Crippen molar-refractivity contribution < 1.29 is 19.1 Å². The molecule has 21 heavy (non-hydrogen) atoms. The van der Waals surface area contributed by atoms with Gasteiger partial charge in [-0.2, -0.15) is 0 Å². The van der Waals surface area contributed by atoms with E-state index in [1.165, 1.54) is 11.3 Å². The third kappa shape index (κ3) is 3.74. The molecule has 0 aromatic carbocycles. The van der Waals surface area contributed by atoms with Crippen molar-refractivity contribution in [2.45, 2.75) is 38.8 Å². The highest BCUT2D eigenvalue weighted by atomic mass is 32.1. The van der Waals surface area contributed by atoms with Crippen molar-refractivity contribution in [3.63, 3.8) is 0 Å². The minimum atomic E-state index is -0.408. The van der Waals surface area contributed by atoms with Crippen LogP contribution in [0.4, 0.5) is 9.80 Å². The number of ether oxygens (including phenoxy) is 2. The largest absolute Gasteiger partial charge is 0.462 e. The zero-order valence-electron chi connectivity index (χ0n) is 12.4. The second kappa shape index (κ2) is 6.91. The maximum atomic E-state index is 11.9. The Bertz CT molecular complexity index is 523. The Morgan fingerprint density at radius 1 is 1.43 bits per heavy atom. The Morgan fingerprint density at radius 2 is 2.14 bits per heavy atom. The lowest BCUT2D eigenvalue weighted by Crippen LogP contribution is -2.48. The summed E-state index contributed by atoms with van der Waals surface area (Å²) >= 11 is 1.32. The van der Waals surface area contributed by atoms with Gasteiger partial charge >= 0.3 is 12.0 Å². The summed E-state index contributed by atoms with van der Waals surface area (Å²) < 4.78 is 10.2. The van der Waals surface area contributed by atoms with Gasteiger partial charge in [-0.25, -0.2) is 9.59 Å². The van der Waals surface area contributed by atoms with Gasteiger partial charge in [0.05, 0.1) is 18.3 Å². The molecule has 0 aliphatic heterocycles. The van der Waals surface area contributed by atoms with Crippen LogP contribution in [0.2, 0.25) is 0 Å². The summed E-state index contributed by atoms with van der Waals surface area (Å²) in [4.78, 5) is 23.8. The summed E-state index contributed by atoms with van der Waals surface area (Å²) in [6.07, 6.45) is 1.87. The zero-order chi connectivity index (χ0) is 15.4. The Kier molecular flexibility index (Phi) is 5.19. The fraction of sp³-hybridized carbons (Fsp3) is 0.571. The lowest BCUT2D eigenvalue weighted by molar-refractivity contribution is 0.0210. The van der Waals surface area contributed by atoms with E-state index in [0.717, 1.165) is 18.4 Å². The second-order valence-corrected chi connectivity index (χ2v) is 5.85. The van der Waals surface area contributed by atoms with Gasteiger partial charge < -0.3 is 14.8 Å². The number of esters is 1. The third-order valence-corrected chi connectivity index (χ3v) is 4.46. The van der Waals surface area contributed by atoms with Crippen LogP contribution in [-0.2, 0) is 9.47 Å². The van der Waals surface area contributed by atoms with Crippen molar-refractivity contribution in [3.05, 3.63) is 16.5 Å². The summed E-state index contributed by atoms with van der Waals surface area (Å²) in [5.74, 6) is -0.408. The molecule has 2 rings (SSSR count). The first-order chi connectivity index (χ1) is 10.0. The Hall–Kier alpha value is -1.60. The summed E-state index contributed by atoms with van der Waals surface area (Å²) in [5, 5.41) is 7.94. The number of carbonyl (C=O) groups excluding carboxylic acids is 2. The van der Waals surface area contributed by atoms with E-state index in [9.17, 15) is 9.59 Å². The Balaban J connectivity index is 1.93. The van der Waals surface area contributed by atoms with Gasteiger partial charge in [0.15, 0.2) is 0 Å². The van der Waals surface area contributed by atoms with Gasteiger partial charge in [0.2, 0.25) is 0 Å². The number of rotatable bonds is 5. The molecular formula is C14H20N2O4S. The normalized spacial score (nSPS) is 20.5. The molecule has 116 valence electrons. The predicted molar refractivity (Wildman–Crippen MR) is 81.0 cm³/mol. The molecule has 1 aliphatic carbocycles. The van der Waals surface area contributed by atoms with Crippen LogP contribution in [-0.4, -0.2) is 37.9 Å². The molecule has 1 fully saturated rings. The van der Waals surface area contributed by atoms with Gasteiger partial charge in [-0.05, 0) is 37.6 Å². The zero-order valence-corrected chi connectivity index (χ0v) is 13.2. The third-order valence-electron chi connectivity index (χ3n) is 3.44. The molecule has 0 spiro atoms. The predicted octanol–water partition coefficient (Wildman–Crippen LogP) is 2.53. The minimum Gasteiger partial charge on any atom is -0.462 e. The van der Waals surface area contributed by atoms with Crippen LogP contribution in [0.25, 0.3) is 0 Å². The maximum Gasteiger partial charge on any atom is 0.341 e. The van der Waals surface area contributed by atoms with E-state index in [0.29, 0.717) is 17.2 Å². The quantitative estimate of drug-likeness (QED) is 0.819. The number of anilines is 1. The molecule has 6 nitrogen and oxygen atoms in total. The van der Waals surface area contributed by atoms with Gasteiger partial charge in [0.25, 0.3) is 0 Å². The molecule has 7 heteroatoms. The molecule has 1 saturated carbocycles. The Labute approximate surface area is 127 Å². The summed E-state index contributed by atoms with van der Waals surface area (Å²) in [5.41, 5.74) is 1.23. The fourth-order valence-corrected chi connectivity index (χ4v) is 3.12. The highest BCUT2D eigenvalue weighted by Crippen LogP contribution is 2.29. The molecule has 1 aromatic rings. The molecule has 0 bridgehead atoms. The molecule has 0 atom stereocenters. The molecule has 0 unspecified atom stereocenters. The number of urea groups is 1. The van der Waals surface area contributed by atoms with Crippen LogP contribution >= 0.6 is 11.3 Å². The number of nitrogens with one attached hydrogen (secondary N) is 2. The molecule has 0 saturated heterocycles. The smallest absolute Gasteiger partial charge is 0.341 e. The first-order valence-corrected chi connectivity index (χ1v) is 7.78. The van der Waals surface area contributed by atoms with E-state index in [1.807, 2.05) is 12.3 Å². The molecule has 1 aliphatic rings. The van der Waals surface area contributed by atoms with E-state index >= 15 is 0 Å². The number of aryl methyl sites for hydroxylation is 1. The van der Waals surface area contributed by atoms with Crippen molar-refractivity contribution in [1.29, 1.82) is 0 Å². The van der Waals surface area contributed by atoms with Crippen LogP contribution in [0.3, 0.4) is 0 Å². The van der Waals surface area contributed by atoms with Crippen molar-refractivity contribution in [2.75, 3.05) is 19.0 Å². The lowest BCUT2D eigenvalue weighted by Gasteiger charge is -2.34. The van der Waals surface area contributed by atoms with Gasteiger partial charge in [0, 0.05) is 13.2 Å². The van der Waals surface area contributed by atoms with E-state index < -0.39 is 5.97 Å². The monoisotopic (exact) mass is 312 g/mol. The van der Waals surface area contributed by atoms with Crippen molar-refractivity contribution >= 4 is 28.3 Å². The van der Waals surface area contributed by atoms with Crippen molar-refractivity contribution in [3.8, 4) is 0 Å². The van der Waals surface area contributed by atoms with E-state index in [2.05, 4.69) is 10.6 Å². The maximum absolute atomic E-state index is 11.9. The lowest BCUT2D eigenvalue weighted by atomic mass is 9.89. The van der Waals surface area contributed by atoms with Crippen LogP contribution in [0.5, 0.6) is 0 Å². The van der Waals surface area contributed by atoms with Gasteiger partial charge in [-0.15, -0.1) is 11.3 Å². The van der Waals surface area contributed by atoms with Crippen molar-refractivity contribution in [1.82, 2.24) is 5.32 Å². The highest BCUT2D eigenvalue weighted by molar-refractivity contribution is 7.15. The first-order valence-electron chi connectivity index (χ1n) is 6.90. The SMILES string of the molecule is CCOC(=O)c1c(C)csc1NC(=O)N[C@H]1C[C@@H](OC)C1. The molecule has 0 radical (unpaired) electrons. The van der Waals surface area contributed by atoms with E-state index in [1.54, 1.807) is 14.0 Å². The number of methoxy groups -OCH3 is 1. The summed E-state index contributed by atoms with van der Waals surface area (Å²) in [6.45, 7) is 3.88. The molecule has 1 heterocycles.